The van der Waals surface area contributed by atoms with Gasteiger partial charge in [-0.05, 0) is 67.6 Å². The minimum atomic E-state index is -3.22. The lowest BCUT2D eigenvalue weighted by atomic mass is 9.86. The number of anilines is 1. The fraction of sp³-hybridized carbons (Fsp3) is 0.406. The molecule has 2 aliphatic rings. The summed E-state index contributed by atoms with van der Waals surface area (Å²) in [6.07, 6.45) is 4.94. The van der Waals surface area contributed by atoms with Gasteiger partial charge in [-0.25, -0.2) is 17.5 Å². The van der Waals surface area contributed by atoms with Crippen molar-refractivity contribution in [2.75, 3.05) is 50.5 Å². The van der Waals surface area contributed by atoms with E-state index < -0.39 is 10.0 Å². The standard InChI is InChI=1S/C32H36FN7O3S/c1-21-31(37(2)36-35-21)24-18-29-30(34-20-24)27-19-26(38-12-14-39(15-13-38)44(3,41)42)8-9-28(27)40(29)32(23-10-16-43-17-11-23)22-4-6-25(33)7-5-22/h4-9,18-20,23,32H,10-17H2,1-3H3/t32-/m1/s1. The maximum Gasteiger partial charge on any atom is 0.211 e. The zero-order valence-corrected chi connectivity index (χ0v) is 26.0. The van der Waals surface area contributed by atoms with Gasteiger partial charge < -0.3 is 14.2 Å². The van der Waals surface area contributed by atoms with E-state index in [1.165, 1.54) is 22.7 Å². The van der Waals surface area contributed by atoms with Gasteiger partial charge in [0.1, 0.15) is 5.82 Å². The summed E-state index contributed by atoms with van der Waals surface area (Å²) in [5, 5.41) is 9.51. The second-order valence-electron chi connectivity index (χ2n) is 11.9. The lowest BCUT2D eigenvalue weighted by molar-refractivity contribution is 0.0552. The van der Waals surface area contributed by atoms with E-state index >= 15 is 0 Å². The number of hydrogen-bond acceptors (Lipinski definition) is 7. The number of benzene rings is 2. The molecule has 2 aliphatic heterocycles. The van der Waals surface area contributed by atoms with Crippen LogP contribution in [0.15, 0.2) is 54.7 Å². The lowest BCUT2D eigenvalue weighted by Crippen LogP contribution is -2.48. The van der Waals surface area contributed by atoms with Crippen molar-refractivity contribution < 1.29 is 17.5 Å². The van der Waals surface area contributed by atoms with Gasteiger partial charge in [-0.3, -0.25) is 4.98 Å². The molecule has 0 N–H and O–H groups in total. The Morgan fingerprint density at radius 3 is 2.36 bits per heavy atom. The lowest BCUT2D eigenvalue weighted by Gasteiger charge is -2.35. The third-order valence-corrected chi connectivity index (χ3v) is 10.5. The largest absolute Gasteiger partial charge is 0.381 e. The number of nitrogens with zero attached hydrogens (tertiary/aromatic N) is 7. The Labute approximate surface area is 256 Å². The van der Waals surface area contributed by atoms with Crippen LogP contribution in [0.3, 0.4) is 0 Å². The number of aromatic nitrogens is 5. The predicted molar refractivity (Wildman–Crippen MR) is 169 cm³/mol. The molecule has 2 aromatic carbocycles. The molecule has 5 aromatic rings. The molecule has 5 heterocycles. The molecular formula is C32H36FN7O3S. The van der Waals surface area contributed by atoms with Crippen LogP contribution in [-0.4, -0.2) is 82.9 Å². The summed E-state index contributed by atoms with van der Waals surface area (Å²) in [6.45, 7) is 5.45. The highest BCUT2D eigenvalue weighted by Crippen LogP contribution is 2.42. The quantitative estimate of drug-likeness (QED) is 0.276. The Bertz CT molecular complexity index is 1920. The molecule has 12 heteroatoms. The van der Waals surface area contributed by atoms with E-state index in [1.54, 1.807) is 4.68 Å². The van der Waals surface area contributed by atoms with Crippen LogP contribution in [0.1, 0.15) is 30.1 Å². The fourth-order valence-electron chi connectivity index (χ4n) is 6.98. The molecular weight excluding hydrogens is 581 g/mol. The number of halogens is 1. The molecule has 0 amide bonds. The molecule has 1 atom stereocenters. The summed E-state index contributed by atoms with van der Waals surface area (Å²) in [4.78, 5) is 7.29. The van der Waals surface area contributed by atoms with Crippen LogP contribution >= 0.6 is 0 Å². The summed E-state index contributed by atoms with van der Waals surface area (Å²) in [7, 11) is -1.34. The average molecular weight is 618 g/mol. The van der Waals surface area contributed by atoms with Gasteiger partial charge in [-0.1, -0.05) is 17.3 Å². The number of fused-ring (bicyclic) bond motifs is 3. The Balaban J connectivity index is 1.42. The van der Waals surface area contributed by atoms with Crippen molar-refractivity contribution in [2.45, 2.75) is 25.8 Å². The Morgan fingerprint density at radius 1 is 0.977 bits per heavy atom. The minimum Gasteiger partial charge on any atom is -0.381 e. The fourth-order valence-corrected chi connectivity index (χ4v) is 7.81. The Hall–Kier alpha value is -3.87. The van der Waals surface area contributed by atoms with Crippen LogP contribution in [-0.2, 0) is 21.8 Å². The van der Waals surface area contributed by atoms with Gasteiger partial charge >= 0.3 is 0 Å². The molecule has 0 radical (unpaired) electrons. The molecule has 2 saturated heterocycles. The van der Waals surface area contributed by atoms with E-state index in [9.17, 15) is 12.8 Å². The monoisotopic (exact) mass is 617 g/mol. The van der Waals surface area contributed by atoms with E-state index in [-0.39, 0.29) is 17.8 Å². The highest BCUT2D eigenvalue weighted by molar-refractivity contribution is 7.88. The van der Waals surface area contributed by atoms with E-state index in [1.807, 2.05) is 32.3 Å². The van der Waals surface area contributed by atoms with Crippen molar-refractivity contribution in [3.63, 3.8) is 0 Å². The summed E-state index contributed by atoms with van der Waals surface area (Å²) < 4.78 is 49.8. The van der Waals surface area contributed by atoms with E-state index in [4.69, 9.17) is 9.72 Å². The van der Waals surface area contributed by atoms with Crippen LogP contribution in [0.25, 0.3) is 33.2 Å². The van der Waals surface area contributed by atoms with Gasteiger partial charge in [0.2, 0.25) is 10.0 Å². The summed E-state index contributed by atoms with van der Waals surface area (Å²) in [5.41, 5.74) is 7.65. The topological polar surface area (TPSA) is 98.4 Å². The first-order chi connectivity index (χ1) is 21.2. The van der Waals surface area contributed by atoms with Gasteiger partial charge in [0, 0.05) is 69.3 Å². The average Bonchev–Trinajstić information content (AvgIpc) is 3.53. The maximum absolute atomic E-state index is 14.1. The smallest absolute Gasteiger partial charge is 0.211 e. The second kappa shape index (κ2) is 11.2. The highest BCUT2D eigenvalue weighted by atomic mass is 32.2. The first kappa shape index (κ1) is 28.9. The molecule has 230 valence electrons. The molecule has 0 unspecified atom stereocenters. The van der Waals surface area contributed by atoms with Crippen LogP contribution < -0.4 is 4.90 Å². The Morgan fingerprint density at radius 2 is 1.70 bits per heavy atom. The molecule has 44 heavy (non-hydrogen) atoms. The first-order valence-corrected chi connectivity index (χ1v) is 16.9. The number of sulfonamides is 1. The first-order valence-electron chi connectivity index (χ1n) is 15.0. The van der Waals surface area contributed by atoms with E-state index in [0.29, 0.717) is 39.4 Å². The van der Waals surface area contributed by atoms with E-state index in [0.717, 1.165) is 63.0 Å². The highest BCUT2D eigenvalue weighted by Gasteiger charge is 2.31. The van der Waals surface area contributed by atoms with Crippen molar-refractivity contribution >= 4 is 37.6 Å². The van der Waals surface area contributed by atoms with Crippen LogP contribution in [0, 0.1) is 18.7 Å². The van der Waals surface area contributed by atoms with Crippen molar-refractivity contribution in [2.24, 2.45) is 13.0 Å². The van der Waals surface area contributed by atoms with Crippen molar-refractivity contribution in [3.05, 3.63) is 71.8 Å². The van der Waals surface area contributed by atoms with Crippen LogP contribution in [0.2, 0.25) is 0 Å². The maximum atomic E-state index is 14.1. The van der Waals surface area contributed by atoms with Gasteiger partial charge in [0.25, 0.3) is 0 Å². The van der Waals surface area contributed by atoms with Crippen molar-refractivity contribution in [1.82, 2.24) is 28.9 Å². The summed E-state index contributed by atoms with van der Waals surface area (Å²) in [5.74, 6) is 0.0194. The minimum absolute atomic E-state index is 0.0635. The summed E-state index contributed by atoms with van der Waals surface area (Å²) in [6, 6.07) is 15.4. The number of hydrogen-bond donors (Lipinski definition) is 0. The van der Waals surface area contributed by atoms with Gasteiger partial charge in [-0.2, -0.15) is 4.31 Å². The molecule has 2 fully saturated rings. The zero-order valence-electron chi connectivity index (χ0n) is 25.1. The SMILES string of the molecule is Cc1nnn(C)c1-c1cnc2c3cc(N4CCN(S(C)(=O)=O)CC4)ccc3n([C@H](c3ccc(F)cc3)C3CCOCC3)c2c1. The molecule has 10 nitrogen and oxygen atoms in total. The summed E-state index contributed by atoms with van der Waals surface area (Å²) >= 11 is 0. The van der Waals surface area contributed by atoms with Gasteiger partial charge in [-0.15, -0.1) is 5.10 Å². The molecule has 0 spiro atoms. The molecule has 0 aliphatic carbocycles. The number of piperazine rings is 1. The number of aryl methyl sites for hydroxylation is 2. The second-order valence-corrected chi connectivity index (χ2v) is 13.9. The molecule has 3 aromatic heterocycles. The number of rotatable bonds is 6. The van der Waals surface area contributed by atoms with E-state index in [2.05, 4.69) is 44.0 Å². The number of pyridine rings is 1. The van der Waals surface area contributed by atoms with Crippen LogP contribution in [0.4, 0.5) is 10.1 Å². The number of ether oxygens (including phenoxy) is 1. The third-order valence-electron chi connectivity index (χ3n) is 9.17. The Kier molecular flexibility index (Phi) is 7.38. The van der Waals surface area contributed by atoms with Crippen molar-refractivity contribution in [3.8, 4) is 11.3 Å². The molecule has 0 bridgehead atoms. The van der Waals surface area contributed by atoms with Crippen LogP contribution in [0.5, 0.6) is 0 Å². The van der Waals surface area contributed by atoms with Crippen molar-refractivity contribution in [1.29, 1.82) is 0 Å². The van der Waals surface area contributed by atoms with Gasteiger partial charge in [0.05, 0.1) is 40.2 Å². The molecule has 7 rings (SSSR count). The van der Waals surface area contributed by atoms with Gasteiger partial charge in [0.15, 0.2) is 0 Å². The predicted octanol–water partition coefficient (Wildman–Crippen LogP) is 4.53. The normalized spacial score (nSPS) is 18.0. The third kappa shape index (κ3) is 5.14. The molecule has 0 saturated carbocycles. The zero-order chi connectivity index (χ0) is 30.6.